The number of aromatic nitrogens is 3. The predicted octanol–water partition coefficient (Wildman–Crippen LogP) is 1.41. The molecule has 1 saturated heterocycles. The van der Waals surface area contributed by atoms with Gasteiger partial charge in [0.25, 0.3) is 0 Å². The monoisotopic (exact) mass is 314 g/mol. The molecule has 1 fully saturated rings. The lowest BCUT2D eigenvalue weighted by Crippen LogP contribution is -2.49. The molecule has 0 N–H and O–H groups in total. The maximum atomic E-state index is 5.52. The fraction of sp³-hybridized carbons (Fsp3) is 0.562. The number of anilines is 1. The summed E-state index contributed by atoms with van der Waals surface area (Å²) in [7, 11) is 0. The van der Waals surface area contributed by atoms with E-state index in [9.17, 15) is 0 Å². The third-order valence-corrected chi connectivity index (χ3v) is 4.60. The van der Waals surface area contributed by atoms with Gasteiger partial charge < -0.3 is 9.74 Å². The van der Waals surface area contributed by atoms with Crippen molar-refractivity contribution in [2.45, 2.75) is 25.9 Å². The van der Waals surface area contributed by atoms with E-state index in [1.54, 1.807) is 6.20 Å². The Bertz CT molecular complexity index is 703. The van der Waals surface area contributed by atoms with E-state index in [1.807, 2.05) is 16.8 Å². The summed E-state index contributed by atoms with van der Waals surface area (Å²) in [5.74, 6) is 1.02. The second-order valence-electron chi connectivity index (χ2n) is 6.15. The van der Waals surface area contributed by atoms with Gasteiger partial charge in [0.05, 0.1) is 5.71 Å². The molecule has 2 aromatic rings. The van der Waals surface area contributed by atoms with Gasteiger partial charge in [0, 0.05) is 51.5 Å². The Balaban J connectivity index is 1.32. The normalized spacial score (nSPS) is 22.4. The van der Waals surface area contributed by atoms with E-state index >= 15 is 0 Å². The van der Waals surface area contributed by atoms with Crippen LogP contribution in [-0.4, -0.2) is 64.0 Å². The zero-order chi connectivity index (χ0) is 15.6. The highest BCUT2D eigenvalue weighted by Crippen LogP contribution is 2.17. The average molecular weight is 314 g/mol. The van der Waals surface area contributed by atoms with Crippen molar-refractivity contribution in [3.63, 3.8) is 0 Å². The lowest BCUT2D eigenvalue weighted by atomic mass is 10.1. The molecule has 1 atom stereocenters. The van der Waals surface area contributed by atoms with E-state index in [0.717, 1.165) is 57.0 Å². The minimum absolute atomic E-state index is 0.233. The fourth-order valence-corrected chi connectivity index (χ4v) is 3.21. The van der Waals surface area contributed by atoms with Crippen molar-refractivity contribution in [1.82, 2.24) is 19.5 Å². The van der Waals surface area contributed by atoms with Gasteiger partial charge in [-0.05, 0) is 18.6 Å². The average Bonchev–Trinajstić information content (AvgIpc) is 3.23. The summed E-state index contributed by atoms with van der Waals surface area (Å²) in [6.07, 6.45) is 5.87. The summed E-state index contributed by atoms with van der Waals surface area (Å²) in [6.45, 7) is 7.14. The molecule has 0 spiro atoms. The molecule has 122 valence electrons. The first-order valence-corrected chi connectivity index (χ1v) is 8.31. The minimum atomic E-state index is 0.233. The molecule has 0 aromatic carbocycles. The molecule has 0 bridgehead atoms. The Morgan fingerprint density at radius 3 is 2.87 bits per heavy atom. The van der Waals surface area contributed by atoms with Crippen molar-refractivity contribution in [2.75, 3.05) is 37.6 Å². The molecule has 0 unspecified atom stereocenters. The molecule has 0 aliphatic carbocycles. The van der Waals surface area contributed by atoms with E-state index in [0.29, 0.717) is 0 Å². The number of hydrogen-bond donors (Lipinski definition) is 0. The van der Waals surface area contributed by atoms with Crippen LogP contribution >= 0.6 is 0 Å². The first-order chi connectivity index (χ1) is 11.3. The van der Waals surface area contributed by atoms with Crippen LogP contribution in [0.2, 0.25) is 0 Å². The second-order valence-corrected chi connectivity index (χ2v) is 6.15. The van der Waals surface area contributed by atoms with Gasteiger partial charge in [0.1, 0.15) is 11.9 Å². The first kappa shape index (κ1) is 14.4. The molecule has 2 aliphatic heterocycles. The Labute approximate surface area is 135 Å². The van der Waals surface area contributed by atoms with E-state index in [-0.39, 0.29) is 6.10 Å². The van der Waals surface area contributed by atoms with Crippen molar-refractivity contribution in [3.8, 4) is 0 Å². The molecular weight excluding hydrogens is 292 g/mol. The van der Waals surface area contributed by atoms with Crippen molar-refractivity contribution in [2.24, 2.45) is 5.16 Å². The minimum Gasteiger partial charge on any atom is -0.391 e. The fourth-order valence-electron chi connectivity index (χ4n) is 3.21. The summed E-state index contributed by atoms with van der Waals surface area (Å²) >= 11 is 0. The van der Waals surface area contributed by atoms with Crippen LogP contribution in [0.15, 0.2) is 29.7 Å². The van der Waals surface area contributed by atoms with E-state index < -0.39 is 0 Å². The molecule has 0 amide bonds. The Kier molecular flexibility index (Phi) is 3.87. The second kappa shape index (κ2) is 6.16. The zero-order valence-corrected chi connectivity index (χ0v) is 13.4. The highest BCUT2D eigenvalue weighted by molar-refractivity contribution is 5.85. The van der Waals surface area contributed by atoms with Gasteiger partial charge in [-0.3, -0.25) is 4.90 Å². The smallest absolute Gasteiger partial charge is 0.153 e. The van der Waals surface area contributed by atoms with Gasteiger partial charge >= 0.3 is 0 Å². The number of rotatable bonds is 4. The topological polar surface area (TPSA) is 58.3 Å². The number of nitrogens with zero attached hydrogens (tertiary/aromatic N) is 6. The number of piperazine rings is 1. The van der Waals surface area contributed by atoms with Crippen molar-refractivity contribution in [1.29, 1.82) is 0 Å². The molecule has 7 heteroatoms. The maximum Gasteiger partial charge on any atom is 0.153 e. The van der Waals surface area contributed by atoms with E-state index in [1.165, 1.54) is 5.71 Å². The molecule has 2 aliphatic rings. The van der Waals surface area contributed by atoms with Crippen LogP contribution in [-0.2, 0) is 4.84 Å². The van der Waals surface area contributed by atoms with Crippen LogP contribution < -0.4 is 4.90 Å². The molecule has 4 heterocycles. The number of imidazole rings is 1. The number of oxime groups is 1. The molecule has 0 radical (unpaired) electrons. The summed E-state index contributed by atoms with van der Waals surface area (Å²) < 4.78 is 1.83. The van der Waals surface area contributed by atoms with Crippen LogP contribution in [0.1, 0.15) is 19.8 Å². The lowest BCUT2D eigenvalue weighted by Gasteiger charge is -2.35. The third kappa shape index (κ3) is 3.01. The van der Waals surface area contributed by atoms with Gasteiger partial charge in [0.15, 0.2) is 5.65 Å². The number of fused-ring (bicyclic) bond motifs is 1. The van der Waals surface area contributed by atoms with Crippen LogP contribution in [0.3, 0.4) is 0 Å². The van der Waals surface area contributed by atoms with Gasteiger partial charge in [-0.2, -0.15) is 0 Å². The Morgan fingerprint density at radius 2 is 2.09 bits per heavy atom. The molecular formula is C16H22N6O. The standard InChI is InChI=1S/C16H22N6O/c1-2-13-11-14(23-19-13)12-20-7-9-21(10-8-20)16-4-3-15-17-5-6-22(15)18-16/h3-6,14H,2,7-12H2,1H3/t14-/m1/s1. The van der Waals surface area contributed by atoms with Gasteiger partial charge in [-0.25, -0.2) is 9.50 Å². The summed E-state index contributed by atoms with van der Waals surface area (Å²) in [5, 5.41) is 8.78. The third-order valence-electron chi connectivity index (χ3n) is 4.60. The van der Waals surface area contributed by atoms with Crippen LogP contribution in [0.5, 0.6) is 0 Å². The van der Waals surface area contributed by atoms with E-state index in [4.69, 9.17) is 4.84 Å². The Morgan fingerprint density at radius 1 is 1.22 bits per heavy atom. The predicted molar refractivity (Wildman–Crippen MR) is 88.9 cm³/mol. The van der Waals surface area contributed by atoms with Crippen molar-refractivity contribution >= 4 is 17.2 Å². The van der Waals surface area contributed by atoms with Crippen LogP contribution in [0.25, 0.3) is 5.65 Å². The van der Waals surface area contributed by atoms with Crippen LogP contribution in [0, 0.1) is 0 Å². The van der Waals surface area contributed by atoms with Crippen LogP contribution in [0.4, 0.5) is 5.82 Å². The lowest BCUT2D eigenvalue weighted by molar-refractivity contribution is 0.0510. The molecule has 7 nitrogen and oxygen atoms in total. The summed E-state index contributed by atoms with van der Waals surface area (Å²) in [6, 6.07) is 4.07. The maximum absolute atomic E-state index is 5.52. The summed E-state index contributed by atoms with van der Waals surface area (Å²) in [5.41, 5.74) is 2.07. The molecule has 4 rings (SSSR count). The van der Waals surface area contributed by atoms with Crippen molar-refractivity contribution < 1.29 is 4.84 Å². The van der Waals surface area contributed by atoms with Gasteiger partial charge in [-0.1, -0.05) is 12.1 Å². The quantitative estimate of drug-likeness (QED) is 0.854. The SMILES string of the molecule is CCC1=NO[C@@H](CN2CCN(c3ccc4nccn4n3)CC2)C1. The highest BCUT2D eigenvalue weighted by Gasteiger charge is 2.25. The molecule has 23 heavy (non-hydrogen) atoms. The number of hydrogen-bond acceptors (Lipinski definition) is 6. The van der Waals surface area contributed by atoms with Crippen molar-refractivity contribution in [3.05, 3.63) is 24.5 Å². The first-order valence-electron chi connectivity index (χ1n) is 8.31. The summed E-state index contributed by atoms with van der Waals surface area (Å²) in [4.78, 5) is 14.6. The largest absolute Gasteiger partial charge is 0.391 e. The van der Waals surface area contributed by atoms with E-state index in [2.05, 4.69) is 38.0 Å². The van der Waals surface area contributed by atoms with Gasteiger partial charge in [0.2, 0.25) is 0 Å². The highest BCUT2D eigenvalue weighted by atomic mass is 16.6. The molecule has 2 aromatic heterocycles. The Hall–Kier alpha value is -2.15. The molecule has 0 saturated carbocycles. The van der Waals surface area contributed by atoms with Gasteiger partial charge in [-0.15, -0.1) is 5.10 Å². The zero-order valence-electron chi connectivity index (χ0n) is 13.4.